The van der Waals surface area contributed by atoms with Gasteiger partial charge in [0.15, 0.2) is 0 Å². The maximum Gasteiger partial charge on any atom is 0.104 e. The zero-order valence-electron chi connectivity index (χ0n) is 12.4. The molecule has 1 atom stereocenters. The molecule has 1 aromatic rings. The van der Waals surface area contributed by atoms with E-state index in [0.717, 1.165) is 18.7 Å². The van der Waals surface area contributed by atoms with Gasteiger partial charge in [-0.15, -0.1) is 11.3 Å². The second-order valence-corrected chi connectivity index (χ2v) is 5.49. The van der Waals surface area contributed by atoms with Crippen LogP contribution in [0, 0.1) is 11.8 Å². The van der Waals surface area contributed by atoms with E-state index in [-0.39, 0.29) is 6.61 Å². The maximum atomic E-state index is 8.80. The lowest BCUT2D eigenvalue weighted by molar-refractivity contribution is 0.0711. The van der Waals surface area contributed by atoms with Gasteiger partial charge in [0.2, 0.25) is 0 Å². The Hall–Kier alpha value is -0.900. The Balaban J connectivity index is 2.75. The smallest absolute Gasteiger partial charge is 0.104 e. The van der Waals surface area contributed by atoms with Crippen molar-refractivity contribution in [3.05, 3.63) is 21.9 Å². The van der Waals surface area contributed by atoms with Gasteiger partial charge in [-0.25, -0.2) is 0 Å². The van der Waals surface area contributed by atoms with Crippen LogP contribution in [0.5, 0.6) is 0 Å². The van der Waals surface area contributed by atoms with Crippen molar-refractivity contribution in [2.45, 2.75) is 19.5 Å². The van der Waals surface area contributed by atoms with E-state index in [4.69, 9.17) is 14.6 Å². The average Bonchev–Trinajstić information content (AvgIpc) is 2.88. The van der Waals surface area contributed by atoms with E-state index in [9.17, 15) is 0 Å². The first-order chi connectivity index (χ1) is 9.72. The van der Waals surface area contributed by atoms with Crippen LogP contribution in [0.2, 0.25) is 0 Å². The van der Waals surface area contributed by atoms with Gasteiger partial charge in [0.25, 0.3) is 0 Å². The van der Waals surface area contributed by atoms with Crippen molar-refractivity contribution in [2.75, 3.05) is 40.6 Å². The van der Waals surface area contributed by atoms with Crippen molar-refractivity contribution < 1.29 is 14.6 Å². The molecule has 0 aliphatic rings. The second-order valence-electron chi connectivity index (χ2n) is 4.48. The van der Waals surface area contributed by atoms with Crippen molar-refractivity contribution in [1.29, 1.82) is 0 Å². The number of thiophene rings is 1. The summed E-state index contributed by atoms with van der Waals surface area (Å²) in [6, 6.07) is 2.31. The third-order valence-corrected chi connectivity index (χ3v) is 3.91. The fourth-order valence-electron chi connectivity index (χ4n) is 1.90. The summed E-state index contributed by atoms with van der Waals surface area (Å²) in [5, 5.41) is 10.8. The molecule has 1 aromatic heterocycles. The number of rotatable bonds is 8. The lowest BCUT2D eigenvalue weighted by atomic mass is 10.2. The zero-order valence-corrected chi connectivity index (χ0v) is 13.2. The molecular formula is C15H23NO3S. The van der Waals surface area contributed by atoms with Gasteiger partial charge >= 0.3 is 0 Å². The molecule has 0 bridgehead atoms. The van der Waals surface area contributed by atoms with Gasteiger partial charge in [-0.05, 0) is 18.4 Å². The number of methoxy groups -OCH3 is 2. The summed E-state index contributed by atoms with van der Waals surface area (Å²) in [4.78, 5) is 3.54. The lowest BCUT2D eigenvalue weighted by Crippen LogP contribution is -2.37. The topological polar surface area (TPSA) is 41.9 Å². The molecule has 0 aliphatic heterocycles. The fourth-order valence-corrected chi connectivity index (χ4v) is 2.76. The molecule has 5 heteroatoms. The summed E-state index contributed by atoms with van der Waals surface area (Å²) in [5.74, 6) is 5.70. The number of hydrogen-bond donors (Lipinski definition) is 1. The van der Waals surface area contributed by atoms with E-state index in [0.29, 0.717) is 19.3 Å². The third kappa shape index (κ3) is 5.61. The molecule has 1 rings (SSSR count). The number of aliphatic hydroxyl groups is 1. The average molecular weight is 297 g/mol. The molecule has 20 heavy (non-hydrogen) atoms. The molecule has 0 saturated carbocycles. The lowest BCUT2D eigenvalue weighted by Gasteiger charge is -2.28. The van der Waals surface area contributed by atoms with Crippen LogP contribution in [-0.2, 0) is 16.0 Å². The normalized spacial score (nSPS) is 12.2. The number of aliphatic hydroxyl groups excluding tert-OH is 1. The summed E-state index contributed by atoms with van der Waals surface area (Å²) in [6.07, 6.45) is 0. The molecule has 0 aliphatic carbocycles. The van der Waals surface area contributed by atoms with Gasteiger partial charge in [-0.2, -0.15) is 0 Å². The van der Waals surface area contributed by atoms with E-state index in [1.807, 2.05) is 11.4 Å². The molecule has 1 N–H and O–H groups in total. The van der Waals surface area contributed by atoms with Crippen molar-refractivity contribution in [2.24, 2.45) is 0 Å². The fraction of sp³-hybridized carbons (Fsp3) is 0.600. The summed E-state index contributed by atoms with van der Waals surface area (Å²) in [7, 11) is 3.43. The van der Waals surface area contributed by atoms with Gasteiger partial charge in [0, 0.05) is 43.8 Å². The number of nitrogens with zero attached hydrogens (tertiary/aromatic N) is 1. The Bertz CT molecular complexity index is 436. The molecule has 0 radical (unpaired) electrons. The second kappa shape index (κ2) is 9.92. The van der Waals surface area contributed by atoms with E-state index >= 15 is 0 Å². The molecule has 0 aromatic carbocycles. The first kappa shape index (κ1) is 17.2. The van der Waals surface area contributed by atoms with Gasteiger partial charge in [-0.3, -0.25) is 4.90 Å². The van der Waals surface area contributed by atoms with Gasteiger partial charge in [0.1, 0.15) is 6.61 Å². The highest BCUT2D eigenvalue weighted by molar-refractivity contribution is 7.10. The minimum absolute atomic E-state index is 0.108. The standard InChI is InChI=1S/C15H23NO3S/c1-13(12-19-3)16(7-9-18-2)11-15-14(5-4-8-17)6-10-20-15/h6,10,13,17H,7-9,11-12H2,1-3H3. The molecule has 1 heterocycles. The molecule has 112 valence electrons. The monoisotopic (exact) mass is 297 g/mol. The van der Waals surface area contributed by atoms with Crippen LogP contribution < -0.4 is 0 Å². The van der Waals surface area contributed by atoms with Crippen LogP contribution in [-0.4, -0.2) is 56.6 Å². The first-order valence-electron chi connectivity index (χ1n) is 6.61. The van der Waals surface area contributed by atoms with Crippen molar-refractivity contribution in [1.82, 2.24) is 4.90 Å². The quantitative estimate of drug-likeness (QED) is 0.740. The maximum absolute atomic E-state index is 8.80. The summed E-state index contributed by atoms with van der Waals surface area (Å²) >= 11 is 1.69. The predicted octanol–water partition coefficient (Wildman–Crippen LogP) is 1.58. The van der Waals surface area contributed by atoms with Crippen LogP contribution in [0.1, 0.15) is 17.4 Å². The highest BCUT2D eigenvalue weighted by atomic mass is 32.1. The Morgan fingerprint density at radius 3 is 2.85 bits per heavy atom. The summed E-state index contributed by atoms with van der Waals surface area (Å²) in [5.41, 5.74) is 0.996. The molecule has 1 unspecified atom stereocenters. The van der Waals surface area contributed by atoms with Crippen LogP contribution in [0.3, 0.4) is 0 Å². The predicted molar refractivity (Wildman–Crippen MR) is 81.9 cm³/mol. The zero-order chi connectivity index (χ0) is 14.8. The highest BCUT2D eigenvalue weighted by Crippen LogP contribution is 2.19. The molecule has 4 nitrogen and oxygen atoms in total. The highest BCUT2D eigenvalue weighted by Gasteiger charge is 2.16. The Morgan fingerprint density at radius 2 is 2.20 bits per heavy atom. The van der Waals surface area contributed by atoms with Crippen LogP contribution >= 0.6 is 11.3 Å². The minimum Gasteiger partial charge on any atom is -0.384 e. The van der Waals surface area contributed by atoms with Gasteiger partial charge < -0.3 is 14.6 Å². The van der Waals surface area contributed by atoms with Crippen LogP contribution in [0.4, 0.5) is 0 Å². The van der Waals surface area contributed by atoms with Crippen LogP contribution in [0.25, 0.3) is 0 Å². The summed E-state index contributed by atoms with van der Waals surface area (Å²) < 4.78 is 10.4. The molecule has 0 amide bonds. The largest absolute Gasteiger partial charge is 0.384 e. The van der Waals surface area contributed by atoms with E-state index < -0.39 is 0 Å². The molecule has 0 fully saturated rings. The molecule has 0 saturated heterocycles. The molecule has 0 spiro atoms. The minimum atomic E-state index is -0.108. The van der Waals surface area contributed by atoms with Gasteiger partial charge in [-0.1, -0.05) is 11.8 Å². The van der Waals surface area contributed by atoms with Crippen molar-refractivity contribution in [3.63, 3.8) is 0 Å². The van der Waals surface area contributed by atoms with E-state index in [1.54, 1.807) is 25.6 Å². The SMILES string of the molecule is COCCN(Cc1sccc1C#CCO)C(C)COC. The number of hydrogen-bond acceptors (Lipinski definition) is 5. The molecular weight excluding hydrogens is 274 g/mol. The van der Waals surface area contributed by atoms with Crippen molar-refractivity contribution in [3.8, 4) is 11.8 Å². The first-order valence-corrected chi connectivity index (χ1v) is 7.48. The summed E-state index contributed by atoms with van der Waals surface area (Å²) in [6.45, 7) is 5.09. The van der Waals surface area contributed by atoms with E-state index in [2.05, 4.69) is 23.7 Å². The Morgan fingerprint density at radius 1 is 1.40 bits per heavy atom. The van der Waals surface area contributed by atoms with E-state index in [1.165, 1.54) is 4.88 Å². The van der Waals surface area contributed by atoms with Crippen molar-refractivity contribution >= 4 is 11.3 Å². The number of ether oxygens (including phenoxy) is 2. The van der Waals surface area contributed by atoms with Gasteiger partial charge in [0.05, 0.1) is 13.2 Å². The Labute approximate surface area is 125 Å². The van der Waals surface area contributed by atoms with Crippen LogP contribution in [0.15, 0.2) is 11.4 Å². The Kier molecular flexibility index (Phi) is 8.51. The third-order valence-electron chi connectivity index (χ3n) is 3.01.